The molecular formula is C12H23NO4. The largest absolute Gasteiger partial charge is 0.394 e. The second kappa shape index (κ2) is 6.93. The molecule has 0 radical (unpaired) electrons. The number of amides is 1. The third-order valence-corrected chi connectivity index (χ3v) is 3.37. The quantitative estimate of drug-likeness (QED) is 0.624. The third kappa shape index (κ3) is 4.26. The first kappa shape index (κ1) is 14.4. The number of rotatable bonds is 6. The fourth-order valence-corrected chi connectivity index (χ4v) is 1.96. The van der Waals surface area contributed by atoms with Gasteiger partial charge in [-0.2, -0.15) is 0 Å². The number of hydrogen-bond acceptors (Lipinski definition) is 4. The van der Waals surface area contributed by atoms with Crippen LogP contribution in [0.4, 0.5) is 0 Å². The molecule has 1 unspecified atom stereocenters. The Bertz CT molecular complexity index is 226. The molecule has 3 N–H and O–H groups in total. The lowest BCUT2D eigenvalue weighted by molar-refractivity contribution is -0.128. The molecule has 0 aromatic carbocycles. The van der Waals surface area contributed by atoms with Crippen LogP contribution in [0.2, 0.25) is 0 Å². The van der Waals surface area contributed by atoms with Crippen LogP contribution in [0.15, 0.2) is 0 Å². The molecule has 1 atom stereocenters. The van der Waals surface area contributed by atoms with Gasteiger partial charge in [0, 0.05) is 6.61 Å². The molecule has 5 heteroatoms. The summed E-state index contributed by atoms with van der Waals surface area (Å²) in [6, 6.07) is 0. The zero-order valence-electron chi connectivity index (χ0n) is 10.4. The fourth-order valence-electron chi connectivity index (χ4n) is 1.96. The highest BCUT2D eigenvalue weighted by atomic mass is 16.5. The molecule has 1 rings (SSSR count). The number of carbonyl (C=O) groups is 1. The van der Waals surface area contributed by atoms with E-state index in [-0.39, 0.29) is 25.2 Å². The zero-order chi connectivity index (χ0) is 12.7. The highest BCUT2D eigenvalue weighted by molar-refractivity contribution is 5.77. The minimum Gasteiger partial charge on any atom is -0.394 e. The molecule has 1 aliphatic heterocycles. The number of aliphatic hydroxyl groups excluding tert-OH is 2. The normalized spacial score (nSPS) is 21.2. The third-order valence-electron chi connectivity index (χ3n) is 3.37. The molecule has 17 heavy (non-hydrogen) atoms. The van der Waals surface area contributed by atoms with Gasteiger partial charge in [-0.3, -0.25) is 4.79 Å². The van der Waals surface area contributed by atoms with Crippen LogP contribution in [-0.2, 0) is 9.53 Å². The lowest BCUT2D eigenvalue weighted by Gasteiger charge is -2.31. The topological polar surface area (TPSA) is 78.8 Å². The van der Waals surface area contributed by atoms with Gasteiger partial charge in [0.15, 0.2) is 0 Å². The van der Waals surface area contributed by atoms with Gasteiger partial charge in [0.2, 0.25) is 5.91 Å². The van der Waals surface area contributed by atoms with Crippen LogP contribution in [0.3, 0.4) is 0 Å². The molecule has 5 nitrogen and oxygen atoms in total. The molecule has 0 spiro atoms. The number of hydrogen-bond donors (Lipinski definition) is 3. The van der Waals surface area contributed by atoms with Gasteiger partial charge in [-0.25, -0.2) is 0 Å². The lowest BCUT2D eigenvalue weighted by atomic mass is 9.97. The Morgan fingerprint density at radius 2 is 2.12 bits per heavy atom. The summed E-state index contributed by atoms with van der Waals surface area (Å²) in [5.41, 5.74) is -0.897. The van der Waals surface area contributed by atoms with Crippen molar-refractivity contribution in [2.24, 2.45) is 0 Å². The van der Waals surface area contributed by atoms with Crippen molar-refractivity contribution in [3.05, 3.63) is 0 Å². The molecule has 1 saturated heterocycles. The number of ether oxygens (including phenoxy) is 1. The first-order valence-electron chi connectivity index (χ1n) is 6.30. The summed E-state index contributed by atoms with van der Waals surface area (Å²) in [4.78, 5) is 11.8. The number of aliphatic hydroxyl groups is 2. The summed E-state index contributed by atoms with van der Waals surface area (Å²) in [6.45, 7) is 2.04. The molecule has 1 fully saturated rings. The molecular weight excluding hydrogens is 222 g/mol. The van der Waals surface area contributed by atoms with E-state index in [9.17, 15) is 15.0 Å². The van der Waals surface area contributed by atoms with Crippen LogP contribution < -0.4 is 5.32 Å². The van der Waals surface area contributed by atoms with Crippen molar-refractivity contribution in [3.8, 4) is 0 Å². The molecule has 1 heterocycles. The van der Waals surface area contributed by atoms with Crippen LogP contribution >= 0.6 is 0 Å². The van der Waals surface area contributed by atoms with Gasteiger partial charge in [0.1, 0.15) is 0 Å². The smallest absolute Gasteiger partial charge is 0.223 e. The SMILES string of the molecule is CCC(CO)(CO)NC(=O)CC1CCCCO1. The lowest BCUT2D eigenvalue weighted by Crippen LogP contribution is -2.54. The average Bonchev–Trinajstić information content (AvgIpc) is 2.37. The highest BCUT2D eigenvalue weighted by Crippen LogP contribution is 2.16. The van der Waals surface area contributed by atoms with E-state index in [2.05, 4.69) is 5.32 Å². The highest BCUT2D eigenvalue weighted by Gasteiger charge is 2.29. The Hall–Kier alpha value is -0.650. The van der Waals surface area contributed by atoms with Crippen molar-refractivity contribution in [1.82, 2.24) is 5.32 Å². The Morgan fingerprint density at radius 1 is 1.41 bits per heavy atom. The summed E-state index contributed by atoms with van der Waals surface area (Å²) in [6.07, 6.45) is 3.85. The molecule has 100 valence electrons. The second-order valence-electron chi connectivity index (χ2n) is 4.69. The van der Waals surface area contributed by atoms with Crippen molar-refractivity contribution in [2.75, 3.05) is 19.8 Å². The van der Waals surface area contributed by atoms with E-state index in [1.807, 2.05) is 6.92 Å². The fraction of sp³-hybridized carbons (Fsp3) is 0.917. The Balaban J connectivity index is 2.41. The maximum absolute atomic E-state index is 11.8. The first-order chi connectivity index (χ1) is 8.15. The predicted molar refractivity (Wildman–Crippen MR) is 63.5 cm³/mol. The van der Waals surface area contributed by atoms with Gasteiger partial charge in [0.05, 0.1) is 31.3 Å². The molecule has 0 aromatic heterocycles. The van der Waals surface area contributed by atoms with Gasteiger partial charge < -0.3 is 20.3 Å². The van der Waals surface area contributed by atoms with Gasteiger partial charge in [0.25, 0.3) is 0 Å². The standard InChI is InChI=1S/C12H23NO4/c1-2-12(8-14,9-15)13-11(16)7-10-5-3-4-6-17-10/h10,14-15H,2-9H2,1H3,(H,13,16). The van der Waals surface area contributed by atoms with E-state index in [1.54, 1.807) is 0 Å². The van der Waals surface area contributed by atoms with Gasteiger partial charge in [-0.15, -0.1) is 0 Å². The molecule has 0 bridgehead atoms. The summed E-state index contributed by atoms with van der Waals surface area (Å²) in [7, 11) is 0. The summed E-state index contributed by atoms with van der Waals surface area (Å²) in [5, 5.41) is 21.2. The zero-order valence-corrected chi connectivity index (χ0v) is 10.4. The van der Waals surface area contributed by atoms with E-state index in [0.29, 0.717) is 12.8 Å². The minimum atomic E-state index is -0.897. The summed E-state index contributed by atoms with van der Waals surface area (Å²) in [5.74, 6) is -0.165. The van der Waals surface area contributed by atoms with Crippen molar-refractivity contribution >= 4 is 5.91 Å². The van der Waals surface area contributed by atoms with Crippen LogP contribution in [0.5, 0.6) is 0 Å². The monoisotopic (exact) mass is 245 g/mol. The summed E-state index contributed by atoms with van der Waals surface area (Å²) >= 11 is 0. The maximum Gasteiger partial charge on any atom is 0.223 e. The van der Waals surface area contributed by atoms with Crippen LogP contribution in [-0.4, -0.2) is 47.6 Å². The van der Waals surface area contributed by atoms with Crippen molar-refractivity contribution in [1.29, 1.82) is 0 Å². The Kier molecular flexibility index (Phi) is 5.88. The van der Waals surface area contributed by atoms with E-state index >= 15 is 0 Å². The average molecular weight is 245 g/mol. The van der Waals surface area contributed by atoms with Crippen LogP contribution in [0, 0.1) is 0 Å². The Labute approximate surface area is 102 Å². The van der Waals surface area contributed by atoms with Gasteiger partial charge in [-0.1, -0.05) is 6.92 Å². The van der Waals surface area contributed by atoms with Crippen LogP contribution in [0.25, 0.3) is 0 Å². The van der Waals surface area contributed by atoms with Gasteiger partial charge >= 0.3 is 0 Å². The van der Waals surface area contributed by atoms with E-state index in [0.717, 1.165) is 25.9 Å². The van der Waals surface area contributed by atoms with Crippen molar-refractivity contribution < 1.29 is 19.7 Å². The van der Waals surface area contributed by atoms with E-state index < -0.39 is 5.54 Å². The minimum absolute atomic E-state index is 0.0179. The van der Waals surface area contributed by atoms with E-state index in [4.69, 9.17) is 4.74 Å². The van der Waals surface area contributed by atoms with Crippen molar-refractivity contribution in [2.45, 2.75) is 50.7 Å². The van der Waals surface area contributed by atoms with Crippen molar-refractivity contribution in [3.63, 3.8) is 0 Å². The molecule has 0 saturated carbocycles. The first-order valence-corrected chi connectivity index (χ1v) is 6.30. The number of carbonyl (C=O) groups excluding carboxylic acids is 1. The maximum atomic E-state index is 11.8. The predicted octanol–water partition coefficient (Wildman–Crippen LogP) is 0.195. The molecule has 0 aliphatic carbocycles. The second-order valence-corrected chi connectivity index (χ2v) is 4.69. The molecule has 0 aromatic rings. The van der Waals surface area contributed by atoms with Gasteiger partial charge in [-0.05, 0) is 25.7 Å². The number of nitrogens with one attached hydrogen (secondary N) is 1. The molecule has 1 aliphatic rings. The van der Waals surface area contributed by atoms with E-state index in [1.165, 1.54) is 0 Å². The summed E-state index contributed by atoms with van der Waals surface area (Å²) < 4.78 is 5.48. The molecule has 1 amide bonds. The van der Waals surface area contributed by atoms with Crippen LogP contribution in [0.1, 0.15) is 39.0 Å². The Morgan fingerprint density at radius 3 is 2.59 bits per heavy atom.